The topological polar surface area (TPSA) is 58.6 Å². The van der Waals surface area contributed by atoms with Crippen LogP contribution >= 0.6 is 27.3 Å². The van der Waals surface area contributed by atoms with Gasteiger partial charge in [0, 0.05) is 23.5 Å². The van der Waals surface area contributed by atoms with Crippen molar-refractivity contribution in [3.8, 4) is 5.75 Å². The van der Waals surface area contributed by atoms with Gasteiger partial charge in [-0.3, -0.25) is 9.59 Å². The van der Waals surface area contributed by atoms with E-state index in [1.54, 1.807) is 31.3 Å². The van der Waals surface area contributed by atoms with Crippen LogP contribution in [0.3, 0.4) is 0 Å². The molecule has 1 N–H and O–H groups in total. The monoisotopic (exact) mass is 470 g/mol. The quantitative estimate of drug-likeness (QED) is 0.580. The van der Waals surface area contributed by atoms with Gasteiger partial charge in [-0.1, -0.05) is 34.1 Å². The third-order valence-electron chi connectivity index (χ3n) is 4.86. The molecule has 1 atom stereocenters. The smallest absolute Gasteiger partial charge is 0.268 e. The summed E-state index contributed by atoms with van der Waals surface area (Å²) in [6.45, 7) is 0.540. The van der Waals surface area contributed by atoms with Gasteiger partial charge in [-0.15, -0.1) is 11.3 Å². The number of hydrogen-bond donors (Lipinski definition) is 1. The zero-order chi connectivity index (χ0) is 20.4. The fourth-order valence-corrected chi connectivity index (χ4v) is 4.46. The molecular weight excluding hydrogens is 452 g/mol. The fourth-order valence-electron chi connectivity index (χ4n) is 3.38. The van der Waals surface area contributed by atoms with Crippen LogP contribution in [0.4, 0.5) is 5.69 Å². The number of carbonyl (C=O) groups is 2. The van der Waals surface area contributed by atoms with Crippen LogP contribution in [0.2, 0.25) is 0 Å². The van der Waals surface area contributed by atoms with Gasteiger partial charge >= 0.3 is 0 Å². The number of anilines is 1. The Morgan fingerprint density at radius 1 is 1.17 bits per heavy atom. The van der Waals surface area contributed by atoms with E-state index in [-0.39, 0.29) is 17.9 Å². The van der Waals surface area contributed by atoms with E-state index >= 15 is 0 Å². The highest BCUT2D eigenvalue weighted by atomic mass is 79.9. The molecule has 0 spiro atoms. The highest BCUT2D eigenvalue weighted by Crippen LogP contribution is 2.34. The maximum absolute atomic E-state index is 13.1. The van der Waals surface area contributed by atoms with E-state index in [4.69, 9.17) is 4.74 Å². The number of ether oxygens (including phenoxy) is 1. The molecule has 0 saturated heterocycles. The molecule has 1 aliphatic rings. The lowest BCUT2D eigenvalue weighted by molar-refractivity contribution is 0.0925. The first-order valence-electron chi connectivity index (χ1n) is 9.18. The second-order valence-electron chi connectivity index (χ2n) is 6.70. The van der Waals surface area contributed by atoms with Gasteiger partial charge in [-0.25, -0.2) is 0 Å². The van der Waals surface area contributed by atoms with Crippen molar-refractivity contribution in [1.82, 2.24) is 5.32 Å². The summed E-state index contributed by atoms with van der Waals surface area (Å²) in [6.07, 6.45) is 0.682. The normalized spacial score (nSPS) is 15.2. The van der Waals surface area contributed by atoms with Crippen molar-refractivity contribution in [3.05, 3.63) is 80.5 Å². The number of nitrogens with zero attached hydrogens (tertiary/aromatic N) is 1. The van der Waals surface area contributed by atoms with E-state index in [1.165, 1.54) is 16.2 Å². The summed E-state index contributed by atoms with van der Waals surface area (Å²) < 4.78 is 6.64. The highest BCUT2D eigenvalue weighted by molar-refractivity contribution is 9.10. The van der Waals surface area contributed by atoms with Crippen molar-refractivity contribution in [2.24, 2.45) is 0 Å². The SMILES string of the molecule is CN(C(=O)c1cccs1)c1ccccc1C(=O)NC1CCOc2ccc(Br)cc21. The van der Waals surface area contributed by atoms with Gasteiger partial charge in [-0.2, -0.15) is 0 Å². The van der Waals surface area contributed by atoms with Crippen molar-refractivity contribution < 1.29 is 14.3 Å². The molecule has 4 rings (SSSR count). The molecule has 0 bridgehead atoms. The fraction of sp³-hybridized carbons (Fsp3) is 0.182. The summed E-state index contributed by atoms with van der Waals surface area (Å²) >= 11 is 4.86. The number of halogens is 1. The number of hydrogen-bond acceptors (Lipinski definition) is 4. The van der Waals surface area contributed by atoms with Crippen LogP contribution < -0.4 is 15.0 Å². The molecule has 5 nitrogen and oxygen atoms in total. The summed E-state index contributed by atoms with van der Waals surface area (Å²) in [4.78, 5) is 28.1. The molecular formula is C22H19BrN2O3S. The minimum atomic E-state index is -0.218. The van der Waals surface area contributed by atoms with Crippen LogP contribution in [0, 0.1) is 0 Å². The average molecular weight is 471 g/mol. The number of amides is 2. The second kappa shape index (κ2) is 8.39. The Kier molecular flexibility index (Phi) is 5.69. The van der Waals surface area contributed by atoms with E-state index in [9.17, 15) is 9.59 Å². The summed E-state index contributed by atoms with van der Waals surface area (Å²) in [5, 5.41) is 4.97. The Morgan fingerprint density at radius 2 is 2.00 bits per heavy atom. The first kappa shape index (κ1) is 19.7. The summed E-state index contributed by atoms with van der Waals surface area (Å²) in [5.74, 6) is 0.424. The maximum atomic E-state index is 13.1. The Hall–Kier alpha value is -2.64. The Morgan fingerprint density at radius 3 is 2.79 bits per heavy atom. The number of fused-ring (bicyclic) bond motifs is 1. The standard InChI is InChI=1S/C22H19BrN2O3S/c1-25(22(27)20-7-4-12-29-20)18-6-3-2-5-15(18)21(26)24-17-10-11-28-19-9-8-14(23)13-16(17)19/h2-9,12-13,17H,10-11H2,1H3,(H,24,26). The number of para-hydroxylation sites is 1. The highest BCUT2D eigenvalue weighted by Gasteiger charge is 2.26. The molecule has 2 aromatic carbocycles. The molecule has 7 heteroatoms. The van der Waals surface area contributed by atoms with E-state index in [1.807, 2.05) is 35.7 Å². The minimum absolute atomic E-state index is 0.138. The second-order valence-corrected chi connectivity index (χ2v) is 8.57. The van der Waals surface area contributed by atoms with E-state index < -0.39 is 0 Å². The third-order valence-corrected chi connectivity index (χ3v) is 6.21. The molecule has 2 amide bonds. The molecule has 29 heavy (non-hydrogen) atoms. The predicted molar refractivity (Wildman–Crippen MR) is 118 cm³/mol. The zero-order valence-corrected chi connectivity index (χ0v) is 18.1. The van der Waals surface area contributed by atoms with E-state index in [2.05, 4.69) is 21.2 Å². The molecule has 1 aromatic heterocycles. The lowest BCUT2D eigenvalue weighted by Gasteiger charge is -2.27. The van der Waals surface area contributed by atoms with Crippen LogP contribution in [-0.4, -0.2) is 25.5 Å². The number of thiophene rings is 1. The molecule has 148 valence electrons. The van der Waals surface area contributed by atoms with Gasteiger partial charge in [0.1, 0.15) is 5.75 Å². The molecule has 1 unspecified atom stereocenters. The van der Waals surface area contributed by atoms with Gasteiger partial charge in [0.2, 0.25) is 0 Å². The molecule has 2 heterocycles. The van der Waals surface area contributed by atoms with E-state index in [0.717, 1.165) is 15.8 Å². The van der Waals surface area contributed by atoms with Crippen LogP contribution in [0.15, 0.2) is 64.5 Å². The molecule has 0 aliphatic carbocycles. The molecule has 3 aromatic rings. The predicted octanol–water partition coefficient (Wildman–Crippen LogP) is 5.04. The van der Waals surface area contributed by atoms with Gasteiger partial charge in [0.05, 0.1) is 28.8 Å². The molecule has 1 aliphatic heterocycles. The zero-order valence-electron chi connectivity index (χ0n) is 15.7. The van der Waals surface area contributed by atoms with Crippen LogP contribution in [0.25, 0.3) is 0 Å². The molecule has 0 saturated carbocycles. The van der Waals surface area contributed by atoms with Crippen molar-refractivity contribution in [3.63, 3.8) is 0 Å². The first-order valence-corrected chi connectivity index (χ1v) is 10.9. The lowest BCUT2D eigenvalue weighted by atomic mass is 10.00. The first-order chi connectivity index (χ1) is 14.0. The molecule has 0 fully saturated rings. The minimum Gasteiger partial charge on any atom is -0.493 e. The van der Waals surface area contributed by atoms with Crippen molar-refractivity contribution in [2.45, 2.75) is 12.5 Å². The third kappa shape index (κ3) is 4.06. The average Bonchev–Trinajstić information content (AvgIpc) is 3.28. The molecule has 0 radical (unpaired) electrons. The van der Waals surface area contributed by atoms with Crippen molar-refractivity contribution in [1.29, 1.82) is 0 Å². The summed E-state index contributed by atoms with van der Waals surface area (Å²) in [6, 6.07) is 16.4. The van der Waals surface area contributed by atoms with Gasteiger partial charge < -0.3 is 15.0 Å². The van der Waals surface area contributed by atoms with Crippen molar-refractivity contribution in [2.75, 3.05) is 18.6 Å². The van der Waals surface area contributed by atoms with Crippen LogP contribution in [0.5, 0.6) is 5.75 Å². The Balaban J connectivity index is 1.60. The summed E-state index contributed by atoms with van der Waals surface area (Å²) in [7, 11) is 1.69. The summed E-state index contributed by atoms with van der Waals surface area (Å²) in [5.41, 5.74) is 1.98. The maximum Gasteiger partial charge on any atom is 0.268 e. The van der Waals surface area contributed by atoms with Gasteiger partial charge in [-0.05, 0) is 41.8 Å². The number of benzene rings is 2. The van der Waals surface area contributed by atoms with E-state index in [0.29, 0.717) is 29.2 Å². The van der Waals surface area contributed by atoms with Crippen LogP contribution in [0.1, 0.15) is 38.1 Å². The van der Waals surface area contributed by atoms with Crippen molar-refractivity contribution >= 4 is 44.8 Å². The Labute approximate surface area is 181 Å². The number of nitrogens with one attached hydrogen (secondary N) is 1. The number of rotatable bonds is 4. The van der Waals surface area contributed by atoms with Gasteiger partial charge in [0.25, 0.3) is 11.8 Å². The number of carbonyl (C=O) groups excluding carboxylic acids is 2. The Bertz CT molecular complexity index is 1050. The largest absolute Gasteiger partial charge is 0.493 e. The van der Waals surface area contributed by atoms with Crippen LogP contribution in [-0.2, 0) is 0 Å². The lowest BCUT2D eigenvalue weighted by Crippen LogP contribution is -2.34. The van der Waals surface area contributed by atoms with Gasteiger partial charge in [0.15, 0.2) is 0 Å².